The van der Waals surface area contributed by atoms with Crippen molar-refractivity contribution in [1.29, 1.82) is 0 Å². The van der Waals surface area contributed by atoms with E-state index in [0.717, 1.165) is 37.1 Å². The van der Waals surface area contributed by atoms with Gasteiger partial charge in [0.05, 0.1) is 0 Å². The average Bonchev–Trinajstić information content (AvgIpc) is 2.87. The minimum Gasteiger partial charge on any atom is -0.356 e. The molecule has 1 fully saturated rings. The van der Waals surface area contributed by atoms with Gasteiger partial charge in [-0.25, -0.2) is 15.8 Å². The third-order valence-corrected chi connectivity index (χ3v) is 3.53. The zero-order chi connectivity index (χ0) is 13.0. The molecule has 1 aliphatic heterocycles. The molecule has 1 unspecified atom stereocenters. The lowest BCUT2D eigenvalue weighted by atomic mass is 10.0. The van der Waals surface area contributed by atoms with Gasteiger partial charge in [-0.3, -0.25) is 0 Å². The lowest BCUT2D eigenvalue weighted by molar-refractivity contribution is 0.529. The Bertz CT molecular complexity index is 371. The normalized spacial score (nSPS) is 19.3. The van der Waals surface area contributed by atoms with Gasteiger partial charge >= 0.3 is 0 Å². The summed E-state index contributed by atoms with van der Waals surface area (Å²) in [6, 6.07) is 1.94. The molecule has 5 heteroatoms. The molecule has 2 rings (SSSR count). The zero-order valence-corrected chi connectivity index (χ0v) is 11.3. The van der Waals surface area contributed by atoms with Gasteiger partial charge in [0, 0.05) is 25.6 Å². The van der Waals surface area contributed by atoms with Crippen molar-refractivity contribution in [3.8, 4) is 0 Å². The second-order valence-electron chi connectivity index (χ2n) is 4.91. The number of nitrogens with two attached hydrogens (primary N) is 1. The van der Waals surface area contributed by atoms with Crippen molar-refractivity contribution in [3.05, 3.63) is 11.9 Å². The fourth-order valence-corrected chi connectivity index (χ4v) is 2.56. The van der Waals surface area contributed by atoms with Crippen LogP contribution < -0.4 is 16.2 Å². The number of anilines is 2. The zero-order valence-electron chi connectivity index (χ0n) is 11.3. The summed E-state index contributed by atoms with van der Waals surface area (Å²) in [5, 5.41) is 0. The van der Waals surface area contributed by atoms with Crippen molar-refractivity contribution < 1.29 is 0 Å². The molecule has 0 aromatic carbocycles. The summed E-state index contributed by atoms with van der Waals surface area (Å²) in [6.45, 7) is 6.51. The molecule has 3 N–H and O–H groups in total. The minimum atomic E-state index is 0.704. The molecule has 1 atom stereocenters. The Morgan fingerprint density at radius 2 is 2.28 bits per heavy atom. The highest BCUT2D eigenvalue weighted by atomic mass is 15.3. The first-order valence-electron chi connectivity index (χ1n) is 6.86. The van der Waals surface area contributed by atoms with Crippen LogP contribution in [0, 0.1) is 5.92 Å². The third-order valence-electron chi connectivity index (χ3n) is 3.53. The van der Waals surface area contributed by atoms with Crippen LogP contribution in [0.4, 0.5) is 11.6 Å². The summed E-state index contributed by atoms with van der Waals surface area (Å²) in [5.74, 6) is 8.83. The number of aromatic nitrogens is 2. The molecular formula is C13H23N5. The molecule has 2 heterocycles. The number of hydrogen-bond donors (Lipinski definition) is 2. The number of nitrogens with zero attached hydrogens (tertiary/aromatic N) is 3. The molecule has 1 aromatic rings. The molecule has 18 heavy (non-hydrogen) atoms. The first-order valence-corrected chi connectivity index (χ1v) is 6.86. The fraction of sp³-hybridized carbons (Fsp3) is 0.692. The van der Waals surface area contributed by atoms with E-state index in [0.29, 0.717) is 5.82 Å². The van der Waals surface area contributed by atoms with Crippen LogP contribution in [0.15, 0.2) is 6.07 Å². The lowest BCUT2D eigenvalue weighted by Gasteiger charge is -2.18. The van der Waals surface area contributed by atoms with Crippen molar-refractivity contribution in [2.75, 3.05) is 23.4 Å². The van der Waals surface area contributed by atoms with Crippen LogP contribution in [-0.2, 0) is 6.42 Å². The number of hydrogen-bond acceptors (Lipinski definition) is 5. The molecule has 5 nitrogen and oxygen atoms in total. The lowest BCUT2D eigenvalue weighted by Crippen LogP contribution is -2.22. The van der Waals surface area contributed by atoms with E-state index < -0.39 is 0 Å². The predicted octanol–water partition coefficient (Wildman–Crippen LogP) is 1.95. The van der Waals surface area contributed by atoms with Crippen molar-refractivity contribution in [2.24, 2.45) is 11.8 Å². The molecule has 1 saturated heterocycles. The summed E-state index contributed by atoms with van der Waals surface area (Å²) in [6.07, 6.45) is 4.67. The molecule has 0 aliphatic carbocycles. The Labute approximate surface area is 109 Å². The summed E-state index contributed by atoms with van der Waals surface area (Å²) < 4.78 is 0. The predicted molar refractivity (Wildman–Crippen MR) is 74.4 cm³/mol. The summed E-state index contributed by atoms with van der Waals surface area (Å²) >= 11 is 0. The van der Waals surface area contributed by atoms with Gasteiger partial charge in [0.15, 0.2) is 0 Å². The Balaban J connectivity index is 2.13. The van der Waals surface area contributed by atoms with Gasteiger partial charge in [0.1, 0.15) is 17.5 Å². The summed E-state index contributed by atoms with van der Waals surface area (Å²) in [4.78, 5) is 11.3. The number of nitrogen functional groups attached to an aromatic ring is 1. The summed E-state index contributed by atoms with van der Waals surface area (Å²) in [5.41, 5.74) is 2.62. The van der Waals surface area contributed by atoms with E-state index >= 15 is 0 Å². The molecule has 0 spiro atoms. The molecule has 0 bridgehead atoms. The van der Waals surface area contributed by atoms with Crippen LogP contribution in [0.1, 0.15) is 38.9 Å². The molecule has 100 valence electrons. The quantitative estimate of drug-likeness (QED) is 0.616. The van der Waals surface area contributed by atoms with Crippen molar-refractivity contribution >= 4 is 11.6 Å². The number of rotatable bonds is 5. The van der Waals surface area contributed by atoms with E-state index in [1.807, 2.05) is 6.07 Å². The van der Waals surface area contributed by atoms with Gasteiger partial charge in [0.25, 0.3) is 0 Å². The third kappa shape index (κ3) is 2.90. The maximum atomic E-state index is 5.46. The summed E-state index contributed by atoms with van der Waals surface area (Å²) in [7, 11) is 0. The fourth-order valence-electron chi connectivity index (χ4n) is 2.56. The van der Waals surface area contributed by atoms with Crippen molar-refractivity contribution in [1.82, 2.24) is 9.97 Å². The van der Waals surface area contributed by atoms with Crippen LogP contribution in [0.2, 0.25) is 0 Å². The van der Waals surface area contributed by atoms with Crippen molar-refractivity contribution in [2.45, 2.75) is 39.5 Å². The number of nitrogens with one attached hydrogen (secondary N) is 1. The van der Waals surface area contributed by atoms with Gasteiger partial charge in [-0.05, 0) is 18.8 Å². The first kappa shape index (κ1) is 13.1. The van der Waals surface area contributed by atoms with E-state index in [1.54, 1.807) is 0 Å². The smallest absolute Gasteiger partial charge is 0.145 e. The van der Waals surface area contributed by atoms with E-state index in [4.69, 9.17) is 5.84 Å². The number of aryl methyl sites for hydroxylation is 1. The van der Waals surface area contributed by atoms with Crippen LogP contribution in [0.3, 0.4) is 0 Å². The maximum absolute atomic E-state index is 5.46. The standard InChI is InChI=1S/C13H23N5/c1-3-5-10-6-7-18(9-10)13-8-12(17-14)15-11(4-2)16-13/h8,10H,3-7,9,14H2,1-2H3,(H,15,16,17). The minimum absolute atomic E-state index is 0.704. The molecule has 1 aromatic heterocycles. The van der Waals surface area contributed by atoms with Gasteiger partial charge < -0.3 is 10.3 Å². The Morgan fingerprint density at radius 1 is 1.44 bits per heavy atom. The molecule has 0 radical (unpaired) electrons. The second kappa shape index (κ2) is 6.00. The largest absolute Gasteiger partial charge is 0.356 e. The van der Waals surface area contributed by atoms with Gasteiger partial charge in [-0.15, -0.1) is 0 Å². The maximum Gasteiger partial charge on any atom is 0.145 e. The van der Waals surface area contributed by atoms with Crippen LogP contribution in [0.25, 0.3) is 0 Å². The van der Waals surface area contributed by atoms with E-state index in [-0.39, 0.29) is 0 Å². The Hall–Kier alpha value is -1.36. The van der Waals surface area contributed by atoms with Gasteiger partial charge in [-0.1, -0.05) is 20.3 Å². The van der Waals surface area contributed by atoms with E-state index in [1.165, 1.54) is 19.3 Å². The molecule has 1 aliphatic rings. The van der Waals surface area contributed by atoms with Crippen molar-refractivity contribution in [3.63, 3.8) is 0 Å². The molecular weight excluding hydrogens is 226 g/mol. The van der Waals surface area contributed by atoms with Crippen LogP contribution in [0.5, 0.6) is 0 Å². The van der Waals surface area contributed by atoms with Crippen LogP contribution in [-0.4, -0.2) is 23.1 Å². The monoisotopic (exact) mass is 249 g/mol. The Morgan fingerprint density at radius 3 is 2.94 bits per heavy atom. The van der Waals surface area contributed by atoms with Gasteiger partial charge in [0.2, 0.25) is 0 Å². The van der Waals surface area contributed by atoms with E-state index in [2.05, 4.69) is 34.1 Å². The van der Waals surface area contributed by atoms with E-state index in [9.17, 15) is 0 Å². The number of hydrazine groups is 1. The Kier molecular flexibility index (Phi) is 4.36. The highest BCUT2D eigenvalue weighted by molar-refractivity contribution is 5.49. The van der Waals surface area contributed by atoms with Crippen LogP contribution >= 0.6 is 0 Å². The SMILES string of the molecule is CCCC1CCN(c2cc(NN)nc(CC)n2)C1. The average molecular weight is 249 g/mol. The molecule has 0 amide bonds. The highest BCUT2D eigenvalue weighted by Gasteiger charge is 2.23. The first-order chi connectivity index (χ1) is 8.76. The topological polar surface area (TPSA) is 67.1 Å². The molecule has 0 saturated carbocycles. The van der Waals surface area contributed by atoms with Gasteiger partial charge in [-0.2, -0.15) is 0 Å². The highest BCUT2D eigenvalue weighted by Crippen LogP contribution is 2.26. The second-order valence-corrected chi connectivity index (χ2v) is 4.91.